The van der Waals surface area contributed by atoms with Gasteiger partial charge in [0.1, 0.15) is 12.2 Å². The van der Waals surface area contributed by atoms with Crippen LogP contribution in [0.5, 0.6) is 0 Å². The van der Waals surface area contributed by atoms with Crippen LogP contribution in [0.3, 0.4) is 0 Å². The Bertz CT molecular complexity index is 510. The minimum Gasteiger partial charge on any atom is -0.477 e. The third-order valence-electron chi connectivity index (χ3n) is 3.35. The average Bonchev–Trinajstić information content (AvgIpc) is 2.46. The van der Waals surface area contributed by atoms with E-state index in [-0.39, 0.29) is 0 Å². The zero-order valence-corrected chi connectivity index (χ0v) is 12.1. The maximum absolute atomic E-state index is 11.2. The number of hydrogen-bond acceptors (Lipinski definition) is 8. The van der Waals surface area contributed by atoms with Gasteiger partial charge in [-0.1, -0.05) is 5.11 Å². The summed E-state index contributed by atoms with van der Waals surface area (Å²) in [5.74, 6) is -5.22. The third kappa shape index (κ3) is 4.51. The molecular weight excluding hydrogens is 316 g/mol. The summed E-state index contributed by atoms with van der Waals surface area (Å²) in [5.41, 5.74) is 8.20. The van der Waals surface area contributed by atoms with Crippen molar-refractivity contribution in [2.24, 2.45) is 5.11 Å². The van der Waals surface area contributed by atoms with Crippen LogP contribution in [-0.4, -0.2) is 80.2 Å². The van der Waals surface area contributed by atoms with E-state index in [0.29, 0.717) is 0 Å². The highest BCUT2D eigenvalue weighted by atomic mass is 16.7. The Morgan fingerprint density at radius 1 is 1.52 bits per heavy atom. The second-order valence-electron chi connectivity index (χ2n) is 5.14. The summed E-state index contributed by atoms with van der Waals surface area (Å²) in [7, 11) is 0. The lowest BCUT2D eigenvalue weighted by molar-refractivity contribution is -0.294. The van der Waals surface area contributed by atoms with Crippen LogP contribution in [0.25, 0.3) is 10.4 Å². The Hall–Kier alpha value is -1.95. The molecule has 0 radical (unpaired) electrons. The Morgan fingerprint density at radius 3 is 2.61 bits per heavy atom. The summed E-state index contributed by atoms with van der Waals surface area (Å²) >= 11 is 0. The minimum atomic E-state index is -2.81. The number of carbonyl (C=O) groups excluding carboxylic acids is 1. The van der Waals surface area contributed by atoms with Gasteiger partial charge in [0.25, 0.3) is 5.79 Å². The molecule has 1 rings (SSSR count). The second-order valence-corrected chi connectivity index (χ2v) is 5.14. The molecule has 130 valence electrons. The van der Waals surface area contributed by atoms with Gasteiger partial charge in [0.05, 0.1) is 24.8 Å². The van der Waals surface area contributed by atoms with Gasteiger partial charge in [0.15, 0.2) is 0 Å². The van der Waals surface area contributed by atoms with Crippen LogP contribution >= 0.6 is 0 Å². The average molecular weight is 334 g/mol. The predicted molar refractivity (Wildman–Crippen MR) is 71.7 cm³/mol. The number of carbonyl (C=O) groups is 2. The van der Waals surface area contributed by atoms with Gasteiger partial charge < -0.3 is 35.6 Å². The van der Waals surface area contributed by atoms with Crippen molar-refractivity contribution < 1.29 is 39.9 Å². The van der Waals surface area contributed by atoms with Crippen LogP contribution in [0.1, 0.15) is 13.3 Å². The Labute approximate surface area is 129 Å². The first kappa shape index (κ1) is 19.1. The minimum absolute atomic E-state index is 0.564. The van der Waals surface area contributed by atoms with Gasteiger partial charge in [-0.3, -0.25) is 4.79 Å². The van der Waals surface area contributed by atoms with Crippen molar-refractivity contribution in [3.63, 3.8) is 0 Å². The number of carboxylic acid groups (broad SMARTS) is 1. The lowest BCUT2D eigenvalue weighted by atomic mass is 9.88. The quantitative estimate of drug-likeness (QED) is 0.173. The largest absolute Gasteiger partial charge is 0.477 e. The van der Waals surface area contributed by atoms with Gasteiger partial charge in [-0.2, -0.15) is 0 Å². The van der Waals surface area contributed by atoms with Crippen LogP contribution in [0.15, 0.2) is 5.11 Å². The highest BCUT2D eigenvalue weighted by Crippen LogP contribution is 2.30. The van der Waals surface area contributed by atoms with Crippen LogP contribution in [0.2, 0.25) is 0 Å². The lowest BCUT2D eigenvalue weighted by Gasteiger charge is -2.44. The van der Waals surface area contributed by atoms with Gasteiger partial charge in [-0.25, -0.2) is 4.79 Å². The van der Waals surface area contributed by atoms with Gasteiger partial charge in [0.2, 0.25) is 5.91 Å². The number of aliphatic hydroxyl groups excluding tert-OH is 3. The molecule has 0 saturated carbocycles. The van der Waals surface area contributed by atoms with Crippen LogP contribution in [-0.2, 0) is 14.3 Å². The molecule has 0 aliphatic carbocycles. The van der Waals surface area contributed by atoms with Crippen LogP contribution < -0.4 is 5.32 Å². The number of rotatable bonds is 6. The van der Waals surface area contributed by atoms with E-state index in [9.17, 15) is 30.0 Å². The van der Waals surface area contributed by atoms with E-state index in [0.717, 1.165) is 6.92 Å². The maximum atomic E-state index is 11.2. The Balaban J connectivity index is 3.08. The predicted octanol–water partition coefficient (Wildman–Crippen LogP) is -2.55. The monoisotopic (exact) mass is 334 g/mol. The zero-order valence-electron chi connectivity index (χ0n) is 12.1. The summed E-state index contributed by atoms with van der Waals surface area (Å²) in [5, 5.41) is 53.9. The van der Waals surface area contributed by atoms with Gasteiger partial charge in [-0.05, 0) is 5.53 Å². The number of hydrogen-bond donors (Lipinski definition) is 6. The Morgan fingerprint density at radius 2 is 2.13 bits per heavy atom. The molecule has 23 heavy (non-hydrogen) atoms. The van der Waals surface area contributed by atoms with Crippen LogP contribution in [0.4, 0.5) is 0 Å². The summed E-state index contributed by atoms with van der Waals surface area (Å²) in [6.45, 7) is 0.552. The normalized spacial score (nSPS) is 33.2. The molecule has 1 fully saturated rings. The summed E-state index contributed by atoms with van der Waals surface area (Å²) in [4.78, 5) is 24.7. The fraction of sp³-hybridized carbons (Fsp3) is 0.818. The standard InChI is InChI=1S/C11H18N4O8/c1-4(16)14-7-5(17)2-11(22,10(20)21)23-9(7)8(19)6(18)3-13-15-12/h5-9,17-19,22H,2-3H2,1H3,(H,14,16)(H,20,21)/t5-,6+,7-,8-,9-,11-/m1/s1. The fourth-order valence-corrected chi connectivity index (χ4v) is 2.26. The van der Waals surface area contributed by atoms with Gasteiger partial charge in [0, 0.05) is 18.3 Å². The number of carboxylic acids is 1. The summed E-state index contributed by atoms with van der Waals surface area (Å²) in [6.07, 6.45) is -7.51. The molecule has 1 heterocycles. The Kier molecular flexibility index (Phi) is 6.27. The smallest absolute Gasteiger partial charge is 0.364 e. The molecule has 0 spiro atoms. The van der Waals surface area contributed by atoms with E-state index in [1.807, 2.05) is 0 Å². The zero-order chi connectivity index (χ0) is 17.8. The molecule has 1 aliphatic rings. The van der Waals surface area contributed by atoms with E-state index in [1.54, 1.807) is 0 Å². The van der Waals surface area contributed by atoms with Crippen molar-refractivity contribution >= 4 is 11.9 Å². The lowest BCUT2D eigenvalue weighted by Crippen LogP contribution is -2.67. The van der Waals surface area contributed by atoms with E-state index in [2.05, 4.69) is 15.3 Å². The molecule has 0 unspecified atom stereocenters. The molecular formula is C11H18N4O8. The van der Waals surface area contributed by atoms with E-state index in [1.165, 1.54) is 0 Å². The fourth-order valence-electron chi connectivity index (χ4n) is 2.26. The van der Waals surface area contributed by atoms with Crippen molar-refractivity contribution in [2.75, 3.05) is 6.54 Å². The highest BCUT2D eigenvalue weighted by Gasteiger charge is 2.53. The molecule has 1 aliphatic heterocycles. The highest BCUT2D eigenvalue weighted by molar-refractivity contribution is 5.76. The summed E-state index contributed by atoms with van der Waals surface area (Å²) < 4.78 is 4.92. The molecule has 1 amide bonds. The van der Waals surface area contributed by atoms with E-state index < -0.39 is 61.1 Å². The van der Waals surface area contributed by atoms with Crippen molar-refractivity contribution in [1.82, 2.24) is 5.32 Å². The number of nitrogens with one attached hydrogen (secondary N) is 1. The second kappa shape index (κ2) is 7.55. The molecule has 6 N–H and O–H groups in total. The number of azide groups is 1. The topological polar surface area (TPSA) is 205 Å². The first-order chi connectivity index (χ1) is 10.6. The molecule has 12 nitrogen and oxygen atoms in total. The maximum Gasteiger partial charge on any atom is 0.364 e. The van der Waals surface area contributed by atoms with Crippen LogP contribution in [0, 0.1) is 0 Å². The number of nitrogens with zero attached hydrogens (tertiary/aromatic N) is 3. The van der Waals surface area contributed by atoms with Crippen molar-refractivity contribution in [3.8, 4) is 0 Å². The molecule has 0 aromatic rings. The summed E-state index contributed by atoms with van der Waals surface area (Å²) in [6, 6.07) is -1.29. The number of ether oxygens (including phenoxy) is 1. The van der Waals surface area contributed by atoms with Crippen molar-refractivity contribution in [1.29, 1.82) is 0 Å². The van der Waals surface area contributed by atoms with Gasteiger partial charge in [-0.15, -0.1) is 0 Å². The molecule has 12 heteroatoms. The number of aliphatic carboxylic acids is 1. The molecule has 0 aromatic heterocycles. The number of aliphatic hydroxyl groups is 4. The molecule has 0 bridgehead atoms. The number of amides is 1. The van der Waals surface area contributed by atoms with Gasteiger partial charge >= 0.3 is 5.97 Å². The molecule has 1 saturated heterocycles. The third-order valence-corrected chi connectivity index (χ3v) is 3.35. The van der Waals surface area contributed by atoms with E-state index >= 15 is 0 Å². The first-order valence-corrected chi connectivity index (χ1v) is 6.58. The van der Waals surface area contributed by atoms with Crippen molar-refractivity contribution in [3.05, 3.63) is 10.4 Å². The van der Waals surface area contributed by atoms with Crippen molar-refractivity contribution in [2.45, 2.75) is 49.6 Å². The molecule has 6 atom stereocenters. The van der Waals surface area contributed by atoms with E-state index in [4.69, 9.17) is 15.4 Å². The molecule has 0 aromatic carbocycles. The first-order valence-electron chi connectivity index (χ1n) is 6.58. The SMILES string of the molecule is CC(=O)N[C@H]1[C@H]([C@H](O)[C@@H](O)CN=[N+]=[N-])O[C@@](O)(C(=O)O)C[C@H]1O.